The van der Waals surface area contributed by atoms with Crippen molar-refractivity contribution >= 4 is 11.0 Å². The quantitative estimate of drug-likeness (QED) is 0.810. The van der Waals surface area contributed by atoms with Crippen molar-refractivity contribution in [3.05, 3.63) is 36.1 Å². The Labute approximate surface area is 101 Å². The maximum atomic E-state index is 9.09. The number of furan rings is 1. The van der Waals surface area contributed by atoms with Gasteiger partial charge in [0.05, 0.1) is 12.3 Å². The summed E-state index contributed by atoms with van der Waals surface area (Å²) in [7, 11) is 1.95. The zero-order valence-electron chi connectivity index (χ0n) is 10.4. The molecule has 0 bridgehead atoms. The molecule has 0 aliphatic heterocycles. The van der Waals surface area contributed by atoms with E-state index in [1.165, 1.54) is 0 Å². The Kier molecular flexibility index (Phi) is 2.91. The fourth-order valence-electron chi connectivity index (χ4n) is 1.69. The number of fused-ring (bicyclic) bond motifs is 1. The molecule has 0 amide bonds. The van der Waals surface area contributed by atoms with Gasteiger partial charge in [-0.15, -0.1) is 0 Å². The third kappa shape index (κ3) is 2.17. The summed E-state index contributed by atoms with van der Waals surface area (Å²) in [4.78, 5) is 2.02. The van der Waals surface area contributed by atoms with Crippen LogP contribution in [0.4, 0.5) is 0 Å². The molecule has 2 rings (SSSR count). The molecule has 0 saturated carbocycles. The number of nitriles is 1. The van der Waals surface area contributed by atoms with E-state index < -0.39 is 5.54 Å². The predicted octanol–water partition coefficient (Wildman–Crippen LogP) is 3.17. The second-order valence-electron chi connectivity index (χ2n) is 4.78. The van der Waals surface area contributed by atoms with Gasteiger partial charge in [0.25, 0.3) is 0 Å². The van der Waals surface area contributed by atoms with Crippen LogP contribution in [0.3, 0.4) is 0 Å². The molecule has 0 saturated heterocycles. The van der Waals surface area contributed by atoms with E-state index in [0.29, 0.717) is 6.54 Å². The molecule has 3 nitrogen and oxygen atoms in total. The number of benzene rings is 1. The molecule has 1 aromatic carbocycles. The van der Waals surface area contributed by atoms with Gasteiger partial charge in [-0.3, -0.25) is 4.90 Å². The van der Waals surface area contributed by atoms with Gasteiger partial charge in [-0.25, -0.2) is 0 Å². The summed E-state index contributed by atoms with van der Waals surface area (Å²) in [6, 6.07) is 10.2. The van der Waals surface area contributed by atoms with E-state index in [2.05, 4.69) is 6.07 Å². The van der Waals surface area contributed by atoms with Crippen LogP contribution in [0.5, 0.6) is 0 Å². The largest absolute Gasteiger partial charge is 0.464 e. The Morgan fingerprint density at radius 2 is 2.06 bits per heavy atom. The molecule has 2 aromatic rings. The smallest absolute Gasteiger partial charge is 0.134 e. The SMILES string of the molecule is CN(Cc1coc2ccccc12)C(C)(C)C#N. The van der Waals surface area contributed by atoms with Crippen molar-refractivity contribution in [3.8, 4) is 6.07 Å². The minimum atomic E-state index is -0.474. The van der Waals surface area contributed by atoms with Crippen LogP contribution in [0, 0.1) is 11.3 Å². The van der Waals surface area contributed by atoms with Gasteiger partial charge in [0.1, 0.15) is 11.1 Å². The minimum absolute atomic E-state index is 0.474. The van der Waals surface area contributed by atoms with Crippen molar-refractivity contribution in [2.24, 2.45) is 0 Å². The number of hydrogen-bond donors (Lipinski definition) is 0. The summed E-state index contributed by atoms with van der Waals surface area (Å²) in [6.45, 7) is 4.53. The van der Waals surface area contributed by atoms with Crippen molar-refractivity contribution in [1.82, 2.24) is 4.90 Å². The molecule has 1 heterocycles. The molecular weight excluding hydrogens is 212 g/mol. The number of hydrogen-bond acceptors (Lipinski definition) is 3. The molecule has 3 heteroatoms. The Bertz CT molecular complexity index is 563. The average Bonchev–Trinajstić information content (AvgIpc) is 2.73. The first-order chi connectivity index (χ1) is 8.04. The van der Waals surface area contributed by atoms with Gasteiger partial charge in [0.2, 0.25) is 0 Å². The summed E-state index contributed by atoms with van der Waals surface area (Å²) in [5.41, 5.74) is 1.54. The van der Waals surface area contributed by atoms with Crippen LogP contribution in [-0.4, -0.2) is 17.5 Å². The minimum Gasteiger partial charge on any atom is -0.464 e. The highest BCUT2D eigenvalue weighted by Crippen LogP contribution is 2.23. The summed E-state index contributed by atoms with van der Waals surface area (Å²) in [5, 5.41) is 10.2. The van der Waals surface area contributed by atoms with E-state index >= 15 is 0 Å². The lowest BCUT2D eigenvalue weighted by Gasteiger charge is -2.28. The fraction of sp³-hybridized carbons (Fsp3) is 0.357. The van der Waals surface area contributed by atoms with Crippen molar-refractivity contribution in [2.75, 3.05) is 7.05 Å². The highest BCUT2D eigenvalue weighted by molar-refractivity contribution is 5.80. The first-order valence-corrected chi connectivity index (χ1v) is 5.62. The van der Waals surface area contributed by atoms with Gasteiger partial charge < -0.3 is 4.42 Å². The Morgan fingerprint density at radius 1 is 1.35 bits per heavy atom. The van der Waals surface area contributed by atoms with Crippen LogP contribution in [0.2, 0.25) is 0 Å². The van der Waals surface area contributed by atoms with Gasteiger partial charge in [-0.1, -0.05) is 18.2 Å². The molecule has 0 aliphatic carbocycles. The lowest BCUT2D eigenvalue weighted by molar-refractivity contribution is 0.203. The van der Waals surface area contributed by atoms with E-state index in [9.17, 15) is 0 Å². The third-order valence-electron chi connectivity index (χ3n) is 3.20. The molecule has 17 heavy (non-hydrogen) atoms. The summed E-state index contributed by atoms with van der Waals surface area (Å²) >= 11 is 0. The molecule has 0 fully saturated rings. The Balaban J connectivity index is 2.28. The summed E-state index contributed by atoms with van der Waals surface area (Å²) < 4.78 is 5.49. The maximum absolute atomic E-state index is 9.09. The normalized spacial score (nSPS) is 11.9. The van der Waals surface area contributed by atoms with Gasteiger partial charge in [0.15, 0.2) is 0 Å². The van der Waals surface area contributed by atoms with Crippen LogP contribution in [-0.2, 0) is 6.54 Å². The molecular formula is C14H16N2O. The van der Waals surface area contributed by atoms with Gasteiger partial charge in [0, 0.05) is 17.5 Å². The van der Waals surface area contributed by atoms with Crippen LogP contribution in [0.25, 0.3) is 11.0 Å². The average molecular weight is 228 g/mol. The van der Waals surface area contributed by atoms with Crippen LogP contribution in [0.15, 0.2) is 34.9 Å². The second-order valence-corrected chi connectivity index (χ2v) is 4.78. The molecule has 0 atom stereocenters. The van der Waals surface area contributed by atoms with Crippen LogP contribution < -0.4 is 0 Å². The van der Waals surface area contributed by atoms with Crippen molar-refractivity contribution in [3.63, 3.8) is 0 Å². The Morgan fingerprint density at radius 3 is 2.76 bits per heavy atom. The second kappa shape index (κ2) is 4.23. The molecule has 0 spiro atoms. The first-order valence-electron chi connectivity index (χ1n) is 5.62. The highest BCUT2D eigenvalue weighted by atomic mass is 16.3. The van der Waals surface area contributed by atoms with Gasteiger partial charge in [-0.05, 0) is 27.0 Å². The summed E-state index contributed by atoms with van der Waals surface area (Å²) in [5.74, 6) is 0. The number of para-hydroxylation sites is 1. The van der Waals surface area contributed by atoms with E-state index in [0.717, 1.165) is 16.5 Å². The molecule has 0 aliphatic rings. The predicted molar refractivity (Wildman–Crippen MR) is 67.4 cm³/mol. The standard InChI is InChI=1S/C14H16N2O/c1-14(2,10-15)16(3)8-11-9-17-13-7-5-4-6-12(11)13/h4-7,9H,8H2,1-3H3. The highest BCUT2D eigenvalue weighted by Gasteiger charge is 2.23. The van der Waals surface area contributed by atoms with E-state index in [-0.39, 0.29) is 0 Å². The van der Waals surface area contributed by atoms with Gasteiger partial charge in [-0.2, -0.15) is 5.26 Å². The molecule has 1 aromatic heterocycles. The molecule has 0 radical (unpaired) electrons. The van der Waals surface area contributed by atoms with Crippen molar-refractivity contribution < 1.29 is 4.42 Å². The van der Waals surface area contributed by atoms with Gasteiger partial charge >= 0.3 is 0 Å². The third-order valence-corrected chi connectivity index (χ3v) is 3.20. The van der Waals surface area contributed by atoms with E-state index in [4.69, 9.17) is 9.68 Å². The zero-order valence-corrected chi connectivity index (χ0v) is 10.4. The lowest BCUT2D eigenvalue weighted by atomic mass is 10.0. The maximum Gasteiger partial charge on any atom is 0.134 e. The molecule has 0 unspecified atom stereocenters. The van der Waals surface area contributed by atoms with E-state index in [1.807, 2.05) is 50.1 Å². The van der Waals surface area contributed by atoms with Crippen molar-refractivity contribution in [2.45, 2.75) is 25.9 Å². The van der Waals surface area contributed by atoms with Crippen molar-refractivity contribution in [1.29, 1.82) is 5.26 Å². The Hall–Kier alpha value is -1.79. The monoisotopic (exact) mass is 228 g/mol. The molecule has 0 N–H and O–H groups in total. The fourth-order valence-corrected chi connectivity index (χ4v) is 1.69. The van der Waals surface area contributed by atoms with Crippen LogP contribution >= 0.6 is 0 Å². The first kappa shape index (κ1) is 11.7. The van der Waals surface area contributed by atoms with Crippen LogP contribution in [0.1, 0.15) is 19.4 Å². The number of nitrogens with zero attached hydrogens (tertiary/aromatic N) is 2. The number of rotatable bonds is 3. The van der Waals surface area contributed by atoms with E-state index in [1.54, 1.807) is 6.26 Å². The summed E-state index contributed by atoms with van der Waals surface area (Å²) in [6.07, 6.45) is 1.77. The topological polar surface area (TPSA) is 40.2 Å². The zero-order chi connectivity index (χ0) is 12.5. The lowest BCUT2D eigenvalue weighted by Crippen LogP contribution is -2.38. The molecule has 88 valence electrons.